The molecule has 0 aromatic heterocycles. The lowest BCUT2D eigenvalue weighted by Crippen LogP contribution is -2.41. The molecule has 21 heavy (non-hydrogen) atoms. The quantitative estimate of drug-likeness (QED) is 0.870. The summed E-state index contributed by atoms with van der Waals surface area (Å²) in [5.74, 6) is -0.616. The number of halogens is 2. The van der Waals surface area contributed by atoms with Gasteiger partial charge in [0.1, 0.15) is 5.82 Å². The Morgan fingerprint density at radius 3 is 2.81 bits per heavy atom. The maximum absolute atomic E-state index is 13.2. The van der Waals surface area contributed by atoms with Gasteiger partial charge in [-0.05, 0) is 44.0 Å². The van der Waals surface area contributed by atoms with Crippen molar-refractivity contribution >= 4 is 21.6 Å². The number of hydrogen-bond acceptors (Lipinski definition) is 3. The standard InChI is InChI=1S/C14H20ClFN2O2S/c1-2-8-18(10-11-4-3-7-17-11)21(19,20)12-5-6-14(16)13(15)9-12/h5-6,9,11,17H,2-4,7-8,10H2,1H3. The Hall–Kier alpha value is -0.690. The number of hydrogen-bond donors (Lipinski definition) is 1. The first-order chi connectivity index (χ1) is 9.95. The second-order valence-electron chi connectivity index (χ2n) is 5.23. The van der Waals surface area contributed by atoms with Gasteiger partial charge in [-0.25, -0.2) is 12.8 Å². The van der Waals surface area contributed by atoms with Gasteiger partial charge >= 0.3 is 0 Å². The Morgan fingerprint density at radius 2 is 2.24 bits per heavy atom. The Labute approximate surface area is 130 Å². The van der Waals surface area contributed by atoms with E-state index in [0.29, 0.717) is 13.1 Å². The molecule has 4 nitrogen and oxygen atoms in total. The normalized spacial score (nSPS) is 19.3. The fourth-order valence-electron chi connectivity index (χ4n) is 2.50. The van der Waals surface area contributed by atoms with Gasteiger partial charge in [0.25, 0.3) is 0 Å². The van der Waals surface area contributed by atoms with Crippen LogP contribution in [0.3, 0.4) is 0 Å². The molecule has 2 rings (SSSR count). The van der Waals surface area contributed by atoms with Crippen molar-refractivity contribution in [2.45, 2.75) is 37.1 Å². The summed E-state index contributed by atoms with van der Waals surface area (Å²) in [6.45, 7) is 3.73. The Morgan fingerprint density at radius 1 is 1.48 bits per heavy atom. The lowest BCUT2D eigenvalue weighted by atomic mass is 10.2. The van der Waals surface area contributed by atoms with Crippen LogP contribution in [0.25, 0.3) is 0 Å². The molecule has 0 radical (unpaired) electrons. The molecule has 0 spiro atoms. The monoisotopic (exact) mass is 334 g/mol. The van der Waals surface area contributed by atoms with Crippen LogP contribution in [0.4, 0.5) is 4.39 Å². The summed E-state index contributed by atoms with van der Waals surface area (Å²) >= 11 is 5.70. The predicted molar refractivity (Wildman–Crippen MR) is 81.5 cm³/mol. The molecule has 0 aliphatic carbocycles. The van der Waals surface area contributed by atoms with Gasteiger partial charge in [0, 0.05) is 19.1 Å². The summed E-state index contributed by atoms with van der Waals surface area (Å²) in [7, 11) is -3.65. The van der Waals surface area contributed by atoms with E-state index in [1.165, 1.54) is 16.4 Å². The third-order valence-corrected chi connectivity index (χ3v) is 5.74. The molecule has 118 valence electrons. The molecule has 1 aliphatic heterocycles. The maximum atomic E-state index is 13.2. The van der Waals surface area contributed by atoms with E-state index in [1.807, 2.05) is 6.92 Å². The summed E-state index contributed by atoms with van der Waals surface area (Å²) in [6, 6.07) is 3.72. The smallest absolute Gasteiger partial charge is 0.243 e. The van der Waals surface area contributed by atoms with E-state index in [4.69, 9.17) is 11.6 Å². The average Bonchev–Trinajstić information content (AvgIpc) is 2.94. The minimum Gasteiger partial charge on any atom is -0.313 e. The second kappa shape index (κ2) is 7.05. The lowest BCUT2D eigenvalue weighted by molar-refractivity contribution is 0.369. The SMILES string of the molecule is CCCN(CC1CCCN1)S(=O)(=O)c1ccc(F)c(Cl)c1. The van der Waals surface area contributed by atoms with Crippen LogP contribution in [0.1, 0.15) is 26.2 Å². The predicted octanol–water partition coefficient (Wildman–Crippen LogP) is 2.63. The van der Waals surface area contributed by atoms with Gasteiger partial charge in [0.2, 0.25) is 10.0 Å². The highest BCUT2D eigenvalue weighted by molar-refractivity contribution is 7.89. The van der Waals surface area contributed by atoms with Gasteiger partial charge in [-0.1, -0.05) is 18.5 Å². The largest absolute Gasteiger partial charge is 0.313 e. The topological polar surface area (TPSA) is 49.4 Å². The molecule has 1 unspecified atom stereocenters. The summed E-state index contributed by atoms with van der Waals surface area (Å²) in [4.78, 5) is 0.0420. The molecule has 1 N–H and O–H groups in total. The van der Waals surface area contributed by atoms with E-state index in [-0.39, 0.29) is 16.0 Å². The van der Waals surface area contributed by atoms with Gasteiger partial charge in [-0.3, -0.25) is 0 Å². The van der Waals surface area contributed by atoms with Crippen LogP contribution in [0.15, 0.2) is 23.1 Å². The van der Waals surface area contributed by atoms with E-state index >= 15 is 0 Å². The fraction of sp³-hybridized carbons (Fsp3) is 0.571. The minimum atomic E-state index is -3.65. The number of nitrogens with one attached hydrogen (secondary N) is 1. The van der Waals surface area contributed by atoms with Crippen LogP contribution in [0, 0.1) is 5.82 Å². The van der Waals surface area contributed by atoms with Crippen molar-refractivity contribution in [3.05, 3.63) is 29.0 Å². The molecule has 7 heteroatoms. The first-order valence-corrected chi connectivity index (χ1v) is 8.95. The molecule has 0 saturated carbocycles. The molecule has 1 fully saturated rings. The summed E-state index contributed by atoms with van der Waals surface area (Å²) in [5, 5.41) is 3.12. The minimum absolute atomic E-state index is 0.0420. The van der Waals surface area contributed by atoms with Crippen LogP contribution in [-0.4, -0.2) is 38.4 Å². The van der Waals surface area contributed by atoms with Gasteiger partial charge in [0.05, 0.1) is 9.92 Å². The number of sulfonamides is 1. The lowest BCUT2D eigenvalue weighted by Gasteiger charge is -2.25. The van der Waals surface area contributed by atoms with E-state index in [9.17, 15) is 12.8 Å². The summed E-state index contributed by atoms with van der Waals surface area (Å²) in [6.07, 6.45) is 2.76. The molecule has 1 saturated heterocycles. The molecule has 1 aromatic carbocycles. The highest BCUT2D eigenvalue weighted by Gasteiger charge is 2.28. The van der Waals surface area contributed by atoms with Crippen molar-refractivity contribution in [1.82, 2.24) is 9.62 Å². The van der Waals surface area contributed by atoms with Crippen LogP contribution in [-0.2, 0) is 10.0 Å². The molecule has 1 atom stereocenters. The van der Waals surface area contributed by atoms with Gasteiger partial charge < -0.3 is 5.32 Å². The number of benzene rings is 1. The Balaban J connectivity index is 2.25. The first kappa shape index (κ1) is 16.7. The second-order valence-corrected chi connectivity index (χ2v) is 7.58. The van der Waals surface area contributed by atoms with E-state index in [2.05, 4.69) is 5.32 Å². The van der Waals surface area contributed by atoms with Gasteiger partial charge in [-0.15, -0.1) is 0 Å². The van der Waals surface area contributed by atoms with E-state index < -0.39 is 15.8 Å². The van der Waals surface area contributed by atoms with Crippen molar-refractivity contribution in [2.75, 3.05) is 19.6 Å². The fourth-order valence-corrected chi connectivity index (χ4v) is 4.35. The molecular weight excluding hydrogens is 315 g/mol. The van der Waals surface area contributed by atoms with Crippen molar-refractivity contribution in [2.24, 2.45) is 0 Å². The van der Waals surface area contributed by atoms with Crippen molar-refractivity contribution in [3.63, 3.8) is 0 Å². The number of rotatable bonds is 6. The maximum Gasteiger partial charge on any atom is 0.243 e. The van der Waals surface area contributed by atoms with Crippen LogP contribution >= 0.6 is 11.6 Å². The van der Waals surface area contributed by atoms with Crippen molar-refractivity contribution in [1.29, 1.82) is 0 Å². The molecule has 0 amide bonds. The summed E-state index contributed by atoms with van der Waals surface area (Å²) in [5.41, 5.74) is 0. The van der Waals surface area contributed by atoms with Crippen LogP contribution in [0.2, 0.25) is 5.02 Å². The molecule has 0 bridgehead atoms. The van der Waals surface area contributed by atoms with E-state index in [1.54, 1.807) is 0 Å². The van der Waals surface area contributed by atoms with Crippen molar-refractivity contribution < 1.29 is 12.8 Å². The molecule has 1 aromatic rings. The number of nitrogens with zero attached hydrogens (tertiary/aromatic N) is 1. The third kappa shape index (κ3) is 3.94. The van der Waals surface area contributed by atoms with Gasteiger partial charge in [-0.2, -0.15) is 4.31 Å². The Bertz CT molecular complexity index is 589. The summed E-state index contributed by atoms with van der Waals surface area (Å²) < 4.78 is 40.1. The zero-order chi connectivity index (χ0) is 15.5. The third-order valence-electron chi connectivity index (χ3n) is 3.59. The van der Waals surface area contributed by atoms with Crippen LogP contribution < -0.4 is 5.32 Å². The zero-order valence-electron chi connectivity index (χ0n) is 12.0. The van der Waals surface area contributed by atoms with Gasteiger partial charge in [0.15, 0.2) is 0 Å². The first-order valence-electron chi connectivity index (χ1n) is 7.13. The highest BCUT2D eigenvalue weighted by atomic mass is 35.5. The Kier molecular flexibility index (Phi) is 5.60. The molecule has 1 heterocycles. The molecular formula is C14H20ClFN2O2S. The van der Waals surface area contributed by atoms with Crippen LogP contribution in [0.5, 0.6) is 0 Å². The van der Waals surface area contributed by atoms with Crippen molar-refractivity contribution in [3.8, 4) is 0 Å². The highest BCUT2D eigenvalue weighted by Crippen LogP contribution is 2.23. The zero-order valence-corrected chi connectivity index (χ0v) is 13.6. The van der Waals surface area contributed by atoms with E-state index in [0.717, 1.165) is 31.9 Å². The molecule has 1 aliphatic rings. The average molecular weight is 335 g/mol.